The Hall–Kier alpha value is -1.55. The summed E-state index contributed by atoms with van der Waals surface area (Å²) in [5.74, 6) is 0.985. The average molecular weight is 276 g/mol. The van der Waals surface area contributed by atoms with Crippen LogP contribution >= 0.6 is 0 Å². The van der Waals surface area contributed by atoms with E-state index in [-0.39, 0.29) is 5.91 Å². The zero-order valence-electron chi connectivity index (χ0n) is 12.4. The van der Waals surface area contributed by atoms with Crippen LogP contribution in [0.1, 0.15) is 32.6 Å². The Bertz CT molecular complexity index is 448. The number of nitrogens with one attached hydrogen (secondary N) is 1. The molecule has 0 bridgehead atoms. The number of rotatable bonds is 6. The van der Waals surface area contributed by atoms with Gasteiger partial charge in [0, 0.05) is 12.6 Å². The number of ether oxygens (including phenoxy) is 1. The molecule has 1 atom stereocenters. The normalized spacial score (nSPS) is 16.3. The van der Waals surface area contributed by atoms with Gasteiger partial charge >= 0.3 is 0 Å². The maximum Gasteiger partial charge on any atom is 0.230 e. The van der Waals surface area contributed by atoms with Crippen LogP contribution in [0.15, 0.2) is 24.3 Å². The van der Waals surface area contributed by atoms with Crippen molar-refractivity contribution in [2.45, 2.75) is 38.6 Å². The number of amides is 1. The molecule has 1 aliphatic heterocycles. The van der Waals surface area contributed by atoms with Gasteiger partial charge in [-0.15, -0.1) is 0 Å². The summed E-state index contributed by atoms with van der Waals surface area (Å²) in [5.41, 5.74) is 0.914. The minimum atomic E-state index is 0.164. The minimum absolute atomic E-state index is 0.164. The maximum absolute atomic E-state index is 12.2. The van der Waals surface area contributed by atoms with Crippen molar-refractivity contribution in [2.75, 3.05) is 25.1 Å². The number of anilines is 1. The summed E-state index contributed by atoms with van der Waals surface area (Å²) in [6, 6.07) is 8.34. The first-order valence-electron chi connectivity index (χ1n) is 7.42. The number of para-hydroxylation sites is 2. The molecule has 1 N–H and O–H groups in total. The van der Waals surface area contributed by atoms with Crippen molar-refractivity contribution in [3.8, 4) is 5.75 Å². The lowest BCUT2D eigenvalue weighted by Gasteiger charge is -2.22. The van der Waals surface area contributed by atoms with E-state index in [1.165, 1.54) is 0 Å². The Labute approximate surface area is 121 Å². The van der Waals surface area contributed by atoms with Crippen molar-refractivity contribution in [1.29, 1.82) is 0 Å². The Morgan fingerprint density at radius 1 is 1.35 bits per heavy atom. The number of carbonyl (C=O) groups excluding carboxylic acids is 1. The minimum Gasteiger partial charge on any atom is -0.491 e. The average Bonchev–Trinajstić information content (AvgIpc) is 2.62. The number of hydrogen-bond donors (Lipinski definition) is 1. The number of benzene rings is 1. The van der Waals surface area contributed by atoms with Crippen molar-refractivity contribution in [3.05, 3.63) is 24.3 Å². The van der Waals surface area contributed by atoms with E-state index in [0.717, 1.165) is 37.2 Å². The van der Waals surface area contributed by atoms with E-state index in [4.69, 9.17) is 4.74 Å². The van der Waals surface area contributed by atoms with Crippen LogP contribution in [-0.4, -0.2) is 32.1 Å². The third-order valence-corrected chi connectivity index (χ3v) is 3.79. The lowest BCUT2D eigenvalue weighted by atomic mass is 10.1. The zero-order chi connectivity index (χ0) is 14.4. The summed E-state index contributed by atoms with van der Waals surface area (Å²) in [6.07, 6.45) is 3.74. The molecule has 0 saturated carbocycles. The van der Waals surface area contributed by atoms with Gasteiger partial charge in [0.1, 0.15) is 5.75 Å². The molecule has 4 heteroatoms. The third-order valence-electron chi connectivity index (χ3n) is 3.79. The van der Waals surface area contributed by atoms with E-state index in [2.05, 4.69) is 12.2 Å². The van der Waals surface area contributed by atoms with Gasteiger partial charge in [-0.2, -0.15) is 0 Å². The van der Waals surface area contributed by atoms with E-state index in [1.54, 1.807) is 0 Å². The molecule has 0 saturated heterocycles. The predicted octanol–water partition coefficient (Wildman–Crippen LogP) is 2.58. The fourth-order valence-corrected chi connectivity index (χ4v) is 2.43. The van der Waals surface area contributed by atoms with Gasteiger partial charge in [-0.1, -0.05) is 18.6 Å². The predicted molar refractivity (Wildman–Crippen MR) is 81.3 cm³/mol. The molecule has 0 radical (unpaired) electrons. The summed E-state index contributed by atoms with van der Waals surface area (Å²) in [7, 11) is 1.98. The molecule has 110 valence electrons. The lowest BCUT2D eigenvalue weighted by molar-refractivity contribution is -0.118. The monoisotopic (exact) mass is 276 g/mol. The Kier molecular flexibility index (Phi) is 5.41. The van der Waals surface area contributed by atoms with E-state index in [9.17, 15) is 4.79 Å². The second-order valence-electron chi connectivity index (χ2n) is 5.30. The molecule has 20 heavy (non-hydrogen) atoms. The molecule has 1 unspecified atom stereocenters. The number of fused-ring (bicyclic) bond motifs is 1. The number of hydrogen-bond acceptors (Lipinski definition) is 3. The largest absolute Gasteiger partial charge is 0.491 e. The van der Waals surface area contributed by atoms with Crippen LogP contribution in [0.3, 0.4) is 0 Å². The second kappa shape index (κ2) is 7.29. The van der Waals surface area contributed by atoms with Crippen LogP contribution in [0.5, 0.6) is 5.75 Å². The number of nitrogens with zero attached hydrogens (tertiary/aromatic N) is 1. The summed E-state index contributed by atoms with van der Waals surface area (Å²) in [6.45, 7) is 3.43. The fourth-order valence-electron chi connectivity index (χ4n) is 2.43. The molecule has 1 aromatic rings. The van der Waals surface area contributed by atoms with Gasteiger partial charge in [0.2, 0.25) is 5.91 Å². The van der Waals surface area contributed by atoms with Crippen molar-refractivity contribution in [1.82, 2.24) is 5.32 Å². The quantitative estimate of drug-likeness (QED) is 0.812. The highest BCUT2D eigenvalue weighted by molar-refractivity contribution is 5.95. The van der Waals surface area contributed by atoms with Gasteiger partial charge in [-0.25, -0.2) is 0 Å². The molecular formula is C16H24N2O2. The first-order chi connectivity index (χ1) is 9.72. The summed E-state index contributed by atoms with van der Waals surface area (Å²) in [4.78, 5) is 14.1. The first-order valence-corrected chi connectivity index (χ1v) is 7.42. The number of carbonyl (C=O) groups is 1. The summed E-state index contributed by atoms with van der Waals surface area (Å²) in [5, 5.41) is 3.24. The second-order valence-corrected chi connectivity index (χ2v) is 5.30. The van der Waals surface area contributed by atoms with Crippen molar-refractivity contribution in [2.24, 2.45) is 0 Å². The first kappa shape index (κ1) is 14.9. The molecule has 2 rings (SSSR count). The summed E-state index contributed by atoms with van der Waals surface area (Å²) < 4.78 is 5.64. The van der Waals surface area contributed by atoms with E-state index in [0.29, 0.717) is 19.1 Å². The smallest absolute Gasteiger partial charge is 0.230 e. The molecule has 4 nitrogen and oxygen atoms in total. The highest BCUT2D eigenvalue weighted by Gasteiger charge is 2.22. The van der Waals surface area contributed by atoms with Gasteiger partial charge < -0.3 is 15.0 Å². The van der Waals surface area contributed by atoms with E-state index in [1.807, 2.05) is 36.2 Å². The molecule has 0 fully saturated rings. The fraction of sp³-hybridized carbons (Fsp3) is 0.562. The van der Waals surface area contributed by atoms with Crippen molar-refractivity contribution < 1.29 is 9.53 Å². The standard InChI is InChI=1S/C16H24N2O2/c1-13(17-2)7-5-6-11-18-14-8-3-4-9-15(14)20-12-10-16(18)19/h3-4,8-9,13,17H,5-7,10-12H2,1-2H3. The third kappa shape index (κ3) is 3.73. The molecule has 0 aliphatic carbocycles. The van der Waals surface area contributed by atoms with E-state index >= 15 is 0 Å². The molecule has 1 heterocycles. The van der Waals surface area contributed by atoms with Crippen LogP contribution in [0.4, 0.5) is 5.69 Å². The van der Waals surface area contributed by atoms with Gasteiger partial charge in [0.15, 0.2) is 0 Å². The van der Waals surface area contributed by atoms with Crippen LogP contribution in [0.25, 0.3) is 0 Å². The topological polar surface area (TPSA) is 41.6 Å². The van der Waals surface area contributed by atoms with Crippen molar-refractivity contribution in [3.63, 3.8) is 0 Å². The van der Waals surface area contributed by atoms with Crippen molar-refractivity contribution >= 4 is 11.6 Å². The van der Waals surface area contributed by atoms with Crippen LogP contribution in [-0.2, 0) is 4.79 Å². The highest BCUT2D eigenvalue weighted by Crippen LogP contribution is 2.31. The molecule has 1 aliphatic rings. The van der Waals surface area contributed by atoms with Crippen LogP contribution in [0.2, 0.25) is 0 Å². The van der Waals surface area contributed by atoms with Gasteiger partial charge in [-0.3, -0.25) is 4.79 Å². The van der Waals surface area contributed by atoms with Crippen LogP contribution < -0.4 is 15.0 Å². The molecule has 1 amide bonds. The Morgan fingerprint density at radius 3 is 2.95 bits per heavy atom. The SMILES string of the molecule is CNC(C)CCCCN1C(=O)CCOc2ccccc21. The zero-order valence-corrected chi connectivity index (χ0v) is 12.4. The molecular weight excluding hydrogens is 252 g/mol. The Balaban J connectivity index is 1.96. The molecule has 0 aromatic heterocycles. The Morgan fingerprint density at radius 2 is 2.15 bits per heavy atom. The maximum atomic E-state index is 12.2. The summed E-state index contributed by atoms with van der Waals surface area (Å²) >= 11 is 0. The lowest BCUT2D eigenvalue weighted by Crippen LogP contribution is -2.31. The van der Waals surface area contributed by atoms with Gasteiger partial charge in [0.05, 0.1) is 18.7 Å². The van der Waals surface area contributed by atoms with Gasteiger partial charge in [0.25, 0.3) is 0 Å². The number of unbranched alkanes of at least 4 members (excludes halogenated alkanes) is 1. The highest BCUT2D eigenvalue weighted by atomic mass is 16.5. The molecule has 1 aromatic carbocycles. The van der Waals surface area contributed by atoms with Crippen LogP contribution in [0, 0.1) is 0 Å². The molecule has 0 spiro atoms. The van der Waals surface area contributed by atoms with E-state index < -0.39 is 0 Å². The van der Waals surface area contributed by atoms with Gasteiger partial charge in [-0.05, 0) is 38.9 Å².